The number of fused-ring (bicyclic) bond motifs is 1. The number of carbonyl (C=O) groups is 1. The lowest BCUT2D eigenvalue weighted by Gasteiger charge is -2.05. The van der Waals surface area contributed by atoms with Crippen LogP contribution in [-0.2, 0) is 0 Å². The average Bonchev–Trinajstić information content (AvgIpc) is 2.99. The van der Waals surface area contributed by atoms with Crippen molar-refractivity contribution in [2.24, 2.45) is 0 Å². The van der Waals surface area contributed by atoms with Crippen molar-refractivity contribution in [3.63, 3.8) is 0 Å². The molecule has 0 radical (unpaired) electrons. The predicted octanol–water partition coefficient (Wildman–Crippen LogP) is 3.57. The Morgan fingerprint density at radius 2 is 2.10 bits per heavy atom. The number of hydrogen-bond donors (Lipinski definition) is 1. The topological polar surface area (TPSA) is 93.3 Å². The zero-order valence-electron chi connectivity index (χ0n) is 10.5. The van der Waals surface area contributed by atoms with Gasteiger partial charge in [0.1, 0.15) is 0 Å². The lowest BCUT2D eigenvalue weighted by Crippen LogP contribution is -2.01. The van der Waals surface area contributed by atoms with E-state index < -0.39 is 10.9 Å². The number of carboxylic acid groups (broad SMARTS) is 1. The van der Waals surface area contributed by atoms with Crippen LogP contribution in [0.3, 0.4) is 0 Å². The fourth-order valence-electron chi connectivity index (χ4n) is 2.06. The highest BCUT2D eigenvalue weighted by Gasteiger charge is 2.16. The Kier molecular flexibility index (Phi) is 3.11. The van der Waals surface area contributed by atoms with E-state index in [0.717, 1.165) is 5.56 Å². The third kappa shape index (κ3) is 2.34. The largest absolute Gasteiger partial charge is 0.478 e. The van der Waals surface area contributed by atoms with Crippen LogP contribution in [0.2, 0.25) is 0 Å². The smallest absolute Gasteiger partial charge is 0.336 e. The van der Waals surface area contributed by atoms with Gasteiger partial charge in [0.2, 0.25) is 0 Å². The number of thiophene rings is 1. The third-order valence-electron chi connectivity index (χ3n) is 3.05. The number of hydrogen-bond acceptors (Lipinski definition) is 5. The minimum Gasteiger partial charge on any atom is -0.478 e. The minimum absolute atomic E-state index is 0.00454. The van der Waals surface area contributed by atoms with Crippen LogP contribution >= 0.6 is 11.3 Å². The Balaban J connectivity index is 2.31. The molecule has 0 aliphatic rings. The van der Waals surface area contributed by atoms with Gasteiger partial charge >= 0.3 is 5.97 Å². The monoisotopic (exact) mass is 300 g/mol. The Bertz CT molecular complexity index is 859. The standard InChI is InChI=1S/C14H8N2O4S/c17-14(18)11-6-13(8-3-4-21-7-8)15-12-2-1-9(16(19)20)5-10(11)12/h1-7H,(H,17,18). The van der Waals surface area contributed by atoms with Crippen LogP contribution in [0.25, 0.3) is 22.2 Å². The first kappa shape index (κ1) is 13.2. The molecule has 3 aromatic rings. The zero-order chi connectivity index (χ0) is 15.0. The molecule has 1 N–H and O–H groups in total. The summed E-state index contributed by atoms with van der Waals surface area (Å²) in [5, 5.41) is 24.2. The summed E-state index contributed by atoms with van der Waals surface area (Å²) in [6.07, 6.45) is 0. The summed E-state index contributed by atoms with van der Waals surface area (Å²) in [7, 11) is 0. The molecular weight excluding hydrogens is 292 g/mol. The summed E-state index contributed by atoms with van der Waals surface area (Å²) in [6, 6.07) is 7.31. The van der Waals surface area contributed by atoms with Crippen LogP contribution in [-0.4, -0.2) is 21.0 Å². The summed E-state index contributed by atoms with van der Waals surface area (Å²) in [5.41, 5.74) is 1.62. The Morgan fingerprint density at radius 1 is 1.29 bits per heavy atom. The van der Waals surface area contributed by atoms with Crippen molar-refractivity contribution in [2.45, 2.75) is 0 Å². The van der Waals surface area contributed by atoms with Crippen LogP contribution in [0.5, 0.6) is 0 Å². The van der Waals surface area contributed by atoms with Gasteiger partial charge in [-0.2, -0.15) is 11.3 Å². The fraction of sp³-hybridized carbons (Fsp3) is 0. The number of nitro benzene ring substituents is 1. The van der Waals surface area contributed by atoms with Gasteiger partial charge in [0.15, 0.2) is 0 Å². The molecule has 3 rings (SSSR count). The molecule has 6 nitrogen and oxygen atoms in total. The van der Waals surface area contributed by atoms with E-state index in [0.29, 0.717) is 11.2 Å². The Hall–Kier alpha value is -2.80. The molecule has 7 heteroatoms. The number of nitrogens with zero attached hydrogens (tertiary/aromatic N) is 2. The predicted molar refractivity (Wildman–Crippen MR) is 78.7 cm³/mol. The van der Waals surface area contributed by atoms with Gasteiger partial charge in [-0.3, -0.25) is 10.1 Å². The third-order valence-corrected chi connectivity index (χ3v) is 3.73. The van der Waals surface area contributed by atoms with Crippen molar-refractivity contribution in [1.29, 1.82) is 0 Å². The van der Waals surface area contributed by atoms with E-state index in [1.165, 1.54) is 35.6 Å². The van der Waals surface area contributed by atoms with Gasteiger partial charge in [-0.05, 0) is 23.6 Å². The first-order valence-electron chi connectivity index (χ1n) is 5.91. The first-order chi connectivity index (χ1) is 10.1. The quantitative estimate of drug-likeness (QED) is 0.589. The molecule has 0 spiro atoms. The summed E-state index contributed by atoms with van der Waals surface area (Å²) in [6.45, 7) is 0. The van der Waals surface area contributed by atoms with Gasteiger partial charge in [0.25, 0.3) is 5.69 Å². The van der Waals surface area contributed by atoms with Crippen molar-refractivity contribution < 1.29 is 14.8 Å². The number of aromatic nitrogens is 1. The van der Waals surface area contributed by atoms with Gasteiger partial charge in [-0.15, -0.1) is 0 Å². The van der Waals surface area contributed by atoms with E-state index in [4.69, 9.17) is 0 Å². The molecule has 0 saturated heterocycles. The number of carboxylic acids is 1. The molecule has 0 fully saturated rings. The fourth-order valence-corrected chi connectivity index (χ4v) is 2.71. The lowest BCUT2D eigenvalue weighted by atomic mass is 10.1. The summed E-state index contributed by atoms with van der Waals surface area (Å²) < 4.78 is 0. The van der Waals surface area contributed by atoms with Crippen LogP contribution in [0, 0.1) is 10.1 Å². The van der Waals surface area contributed by atoms with Crippen molar-refractivity contribution in [3.05, 3.63) is 56.8 Å². The number of non-ortho nitro benzene ring substituents is 1. The molecule has 104 valence electrons. The van der Waals surface area contributed by atoms with Gasteiger partial charge in [0, 0.05) is 28.5 Å². The van der Waals surface area contributed by atoms with E-state index in [1.807, 2.05) is 16.8 Å². The maximum absolute atomic E-state index is 11.4. The molecule has 0 aliphatic carbocycles. The van der Waals surface area contributed by atoms with Crippen LogP contribution in [0.15, 0.2) is 41.1 Å². The highest BCUT2D eigenvalue weighted by Crippen LogP contribution is 2.28. The van der Waals surface area contributed by atoms with Crippen molar-refractivity contribution in [3.8, 4) is 11.3 Å². The van der Waals surface area contributed by atoms with Crippen LogP contribution in [0.1, 0.15) is 10.4 Å². The van der Waals surface area contributed by atoms with Gasteiger partial charge in [-0.25, -0.2) is 9.78 Å². The van der Waals surface area contributed by atoms with E-state index in [2.05, 4.69) is 4.98 Å². The Morgan fingerprint density at radius 3 is 2.71 bits per heavy atom. The second-order valence-electron chi connectivity index (χ2n) is 4.33. The number of aromatic carboxylic acids is 1. The highest BCUT2D eigenvalue weighted by atomic mass is 32.1. The zero-order valence-corrected chi connectivity index (χ0v) is 11.3. The second-order valence-corrected chi connectivity index (χ2v) is 5.11. The summed E-state index contributed by atoms with van der Waals surface area (Å²) >= 11 is 1.48. The average molecular weight is 300 g/mol. The molecule has 0 bridgehead atoms. The van der Waals surface area contributed by atoms with E-state index in [9.17, 15) is 20.0 Å². The van der Waals surface area contributed by atoms with E-state index >= 15 is 0 Å². The lowest BCUT2D eigenvalue weighted by molar-refractivity contribution is -0.384. The number of rotatable bonds is 3. The molecule has 0 atom stereocenters. The molecular formula is C14H8N2O4S. The van der Waals surface area contributed by atoms with Crippen LogP contribution in [0.4, 0.5) is 5.69 Å². The molecule has 2 heterocycles. The van der Waals surface area contributed by atoms with E-state index in [1.54, 1.807) is 0 Å². The molecule has 1 aromatic carbocycles. The molecule has 0 unspecified atom stereocenters. The number of nitro groups is 1. The maximum Gasteiger partial charge on any atom is 0.336 e. The molecule has 21 heavy (non-hydrogen) atoms. The number of pyridine rings is 1. The molecule has 0 saturated carbocycles. The normalized spacial score (nSPS) is 10.7. The Labute approximate surface area is 122 Å². The number of benzene rings is 1. The second kappa shape index (κ2) is 4.95. The maximum atomic E-state index is 11.4. The summed E-state index contributed by atoms with van der Waals surface area (Å²) in [5.74, 6) is -1.14. The van der Waals surface area contributed by atoms with Gasteiger partial charge in [0.05, 0.1) is 21.7 Å². The molecule has 0 amide bonds. The van der Waals surface area contributed by atoms with E-state index in [-0.39, 0.29) is 16.6 Å². The minimum atomic E-state index is -1.14. The molecule has 0 aliphatic heterocycles. The highest BCUT2D eigenvalue weighted by molar-refractivity contribution is 7.08. The SMILES string of the molecule is O=C(O)c1cc(-c2ccsc2)nc2ccc([N+](=O)[O-])cc12. The van der Waals surface area contributed by atoms with Crippen molar-refractivity contribution in [1.82, 2.24) is 4.98 Å². The summed E-state index contributed by atoms with van der Waals surface area (Å²) in [4.78, 5) is 26.1. The van der Waals surface area contributed by atoms with Crippen LogP contribution < -0.4 is 0 Å². The van der Waals surface area contributed by atoms with Crippen molar-refractivity contribution >= 4 is 33.9 Å². The van der Waals surface area contributed by atoms with Gasteiger partial charge in [-0.1, -0.05) is 0 Å². The van der Waals surface area contributed by atoms with Crippen molar-refractivity contribution in [2.75, 3.05) is 0 Å². The first-order valence-corrected chi connectivity index (χ1v) is 6.85. The molecule has 2 aromatic heterocycles. The van der Waals surface area contributed by atoms with Gasteiger partial charge < -0.3 is 5.11 Å².